The van der Waals surface area contributed by atoms with Gasteiger partial charge in [0.25, 0.3) is 15.6 Å². The Balaban J connectivity index is 1.87. The van der Waals surface area contributed by atoms with Crippen LogP contribution in [0.2, 0.25) is 5.02 Å². The molecule has 2 aromatic heterocycles. The van der Waals surface area contributed by atoms with Crippen LogP contribution in [0.1, 0.15) is 10.4 Å². The highest BCUT2D eigenvalue weighted by Gasteiger charge is 2.18. The van der Waals surface area contributed by atoms with Crippen molar-refractivity contribution in [2.45, 2.75) is 4.90 Å². The monoisotopic (exact) mass is 417 g/mol. The maximum atomic E-state index is 12.6. The summed E-state index contributed by atoms with van der Waals surface area (Å²) in [5.41, 5.74) is 0.151. The molecule has 0 unspecified atom stereocenters. The smallest absolute Gasteiger partial charge is 0.337 e. The second-order valence-corrected chi connectivity index (χ2v) is 8.15. The molecule has 0 atom stereocenters. The first-order valence-corrected chi connectivity index (χ1v) is 9.81. The zero-order chi connectivity index (χ0) is 20.1. The Hall–Kier alpha value is -3.30. The van der Waals surface area contributed by atoms with E-state index in [1.807, 2.05) is 0 Å². The van der Waals surface area contributed by atoms with Crippen molar-refractivity contribution in [3.8, 4) is 0 Å². The number of benzene rings is 2. The third-order valence-electron chi connectivity index (χ3n) is 4.25. The highest BCUT2D eigenvalue weighted by Crippen LogP contribution is 2.28. The standard InChI is InChI=1S/C18H12ClN3O5S/c19-9-1-4-11(5-2-9)28(26,27)22-10-3-6-14-12(7-10)15-13(18(24)25)8-20-16(15)17(23)21-14/h1-8,20,22H,(H,21,23)(H,24,25). The van der Waals surface area contributed by atoms with Gasteiger partial charge in [0, 0.05) is 33.2 Å². The average molecular weight is 418 g/mol. The van der Waals surface area contributed by atoms with E-state index in [2.05, 4.69) is 14.7 Å². The molecule has 2 aromatic carbocycles. The van der Waals surface area contributed by atoms with Gasteiger partial charge in [0.15, 0.2) is 0 Å². The van der Waals surface area contributed by atoms with Crippen LogP contribution in [0.25, 0.3) is 21.8 Å². The van der Waals surface area contributed by atoms with E-state index in [1.165, 1.54) is 48.7 Å². The molecule has 0 radical (unpaired) electrons. The molecule has 4 N–H and O–H groups in total. The van der Waals surface area contributed by atoms with Crippen LogP contribution in [0.4, 0.5) is 5.69 Å². The predicted molar refractivity (Wildman–Crippen MR) is 106 cm³/mol. The van der Waals surface area contributed by atoms with E-state index in [0.29, 0.717) is 15.9 Å². The quantitative estimate of drug-likeness (QED) is 0.405. The fourth-order valence-corrected chi connectivity index (χ4v) is 4.16. The number of halogens is 1. The Morgan fingerprint density at radius 1 is 1.11 bits per heavy atom. The highest BCUT2D eigenvalue weighted by molar-refractivity contribution is 7.92. The van der Waals surface area contributed by atoms with Gasteiger partial charge in [-0.1, -0.05) is 11.6 Å². The Morgan fingerprint density at radius 2 is 1.82 bits per heavy atom. The largest absolute Gasteiger partial charge is 0.478 e. The fourth-order valence-electron chi connectivity index (χ4n) is 2.99. The molecule has 0 saturated carbocycles. The van der Waals surface area contributed by atoms with Crippen molar-refractivity contribution in [2.24, 2.45) is 0 Å². The summed E-state index contributed by atoms with van der Waals surface area (Å²) in [6.07, 6.45) is 1.23. The number of aromatic amines is 2. The van der Waals surface area contributed by atoms with Crippen LogP contribution < -0.4 is 10.3 Å². The molecule has 2 heterocycles. The van der Waals surface area contributed by atoms with Crippen LogP contribution in [0.5, 0.6) is 0 Å². The van der Waals surface area contributed by atoms with Crippen LogP contribution in [0.15, 0.2) is 58.4 Å². The summed E-state index contributed by atoms with van der Waals surface area (Å²) in [7, 11) is -3.88. The lowest BCUT2D eigenvalue weighted by Crippen LogP contribution is -2.13. The van der Waals surface area contributed by atoms with Gasteiger partial charge in [-0.15, -0.1) is 0 Å². The molecule has 28 heavy (non-hydrogen) atoms. The zero-order valence-corrected chi connectivity index (χ0v) is 15.6. The maximum Gasteiger partial charge on any atom is 0.337 e. The second-order valence-electron chi connectivity index (χ2n) is 6.03. The third kappa shape index (κ3) is 3.00. The Labute approximate surface area is 162 Å². The number of hydrogen-bond donors (Lipinski definition) is 4. The molecule has 0 bridgehead atoms. The average Bonchev–Trinajstić information content (AvgIpc) is 3.09. The third-order valence-corrected chi connectivity index (χ3v) is 5.90. The lowest BCUT2D eigenvalue weighted by Gasteiger charge is -2.10. The summed E-state index contributed by atoms with van der Waals surface area (Å²) < 4.78 is 27.6. The van der Waals surface area contributed by atoms with E-state index >= 15 is 0 Å². The molecular weight excluding hydrogens is 406 g/mol. The van der Waals surface area contributed by atoms with Crippen molar-refractivity contribution in [2.75, 3.05) is 4.72 Å². The number of aromatic nitrogens is 2. The number of sulfonamides is 1. The van der Waals surface area contributed by atoms with E-state index in [-0.39, 0.29) is 27.0 Å². The number of carbonyl (C=O) groups is 1. The van der Waals surface area contributed by atoms with E-state index in [1.54, 1.807) is 0 Å². The Kier molecular flexibility index (Phi) is 4.13. The van der Waals surface area contributed by atoms with Gasteiger partial charge in [0.2, 0.25) is 0 Å². The van der Waals surface area contributed by atoms with Crippen LogP contribution >= 0.6 is 11.6 Å². The van der Waals surface area contributed by atoms with Crippen LogP contribution in [0.3, 0.4) is 0 Å². The van der Waals surface area contributed by atoms with Gasteiger partial charge in [0.05, 0.1) is 10.5 Å². The molecule has 142 valence electrons. The minimum absolute atomic E-state index is 0.0245. The van der Waals surface area contributed by atoms with Gasteiger partial charge in [-0.3, -0.25) is 9.52 Å². The number of carboxylic acids is 1. The first-order valence-electron chi connectivity index (χ1n) is 7.95. The van der Waals surface area contributed by atoms with Crippen molar-refractivity contribution in [1.82, 2.24) is 9.97 Å². The molecule has 0 saturated heterocycles. The summed E-state index contributed by atoms with van der Waals surface area (Å²) in [5.74, 6) is -1.20. The second kappa shape index (κ2) is 6.39. The van der Waals surface area contributed by atoms with Crippen molar-refractivity contribution in [3.05, 3.63) is 69.6 Å². The number of anilines is 1. The lowest BCUT2D eigenvalue weighted by atomic mass is 10.1. The van der Waals surface area contributed by atoms with Gasteiger partial charge in [-0.05, 0) is 42.5 Å². The molecule has 10 heteroatoms. The molecule has 0 aliphatic rings. The summed E-state index contributed by atoms with van der Waals surface area (Å²) in [6.45, 7) is 0. The van der Waals surface area contributed by atoms with Crippen molar-refractivity contribution < 1.29 is 18.3 Å². The first-order chi connectivity index (χ1) is 13.3. The van der Waals surface area contributed by atoms with E-state index in [9.17, 15) is 23.1 Å². The van der Waals surface area contributed by atoms with Gasteiger partial charge in [-0.25, -0.2) is 13.2 Å². The number of fused-ring (bicyclic) bond motifs is 3. The van der Waals surface area contributed by atoms with Crippen molar-refractivity contribution in [1.29, 1.82) is 0 Å². The molecule has 0 aliphatic carbocycles. The normalized spacial score (nSPS) is 11.8. The number of hydrogen-bond acceptors (Lipinski definition) is 4. The van der Waals surface area contributed by atoms with Crippen LogP contribution in [-0.4, -0.2) is 29.5 Å². The lowest BCUT2D eigenvalue weighted by molar-refractivity contribution is 0.0699. The minimum Gasteiger partial charge on any atom is -0.478 e. The number of rotatable bonds is 4. The summed E-state index contributed by atoms with van der Waals surface area (Å²) >= 11 is 5.79. The minimum atomic E-state index is -3.88. The van der Waals surface area contributed by atoms with Crippen LogP contribution in [-0.2, 0) is 10.0 Å². The number of H-pyrrole nitrogens is 2. The molecule has 0 aliphatic heterocycles. The fraction of sp³-hybridized carbons (Fsp3) is 0. The molecule has 4 rings (SSSR count). The topological polar surface area (TPSA) is 132 Å². The van der Waals surface area contributed by atoms with E-state index in [0.717, 1.165) is 0 Å². The molecular formula is C18H12ClN3O5S. The maximum absolute atomic E-state index is 12.6. The SMILES string of the molecule is O=C(O)c1c[nH]c2c(=O)[nH]c3ccc(NS(=O)(=O)c4ccc(Cl)cc4)cc3c12. The van der Waals surface area contributed by atoms with E-state index in [4.69, 9.17) is 11.6 Å². The molecule has 0 spiro atoms. The molecule has 8 nitrogen and oxygen atoms in total. The summed E-state index contributed by atoms with van der Waals surface area (Å²) in [6, 6.07) is 10.1. The number of aromatic carboxylic acids is 1. The Bertz CT molecular complexity index is 1410. The summed E-state index contributed by atoms with van der Waals surface area (Å²) in [4.78, 5) is 29.0. The van der Waals surface area contributed by atoms with Crippen molar-refractivity contribution >= 4 is 55.1 Å². The summed E-state index contributed by atoms with van der Waals surface area (Å²) in [5, 5.41) is 10.4. The Morgan fingerprint density at radius 3 is 2.50 bits per heavy atom. The molecule has 0 fully saturated rings. The number of pyridine rings is 1. The molecule has 4 aromatic rings. The number of carboxylic acid groups (broad SMARTS) is 1. The first kappa shape index (κ1) is 18.1. The van der Waals surface area contributed by atoms with Gasteiger partial charge < -0.3 is 15.1 Å². The van der Waals surface area contributed by atoms with Gasteiger partial charge in [-0.2, -0.15) is 0 Å². The highest BCUT2D eigenvalue weighted by atomic mass is 35.5. The van der Waals surface area contributed by atoms with E-state index < -0.39 is 21.6 Å². The van der Waals surface area contributed by atoms with Crippen molar-refractivity contribution in [3.63, 3.8) is 0 Å². The number of nitrogens with one attached hydrogen (secondary N) is 3. The van der Waals surface area contributed by atoms with Crippen LogP contribution in [0, 0.1) is 0 Å². The predicted octanol–water partition coefficient (Wildman–Crippen LogP) is 3.16. The zero-order valence-electron chi connectivity index (χ0n) is 14.0. The molecule has 0 amide bonds. The van der Waals surface area contributed by atoms with Gasteiger partial charge >= 0.3 is 5.97 Å². The van der Waals surface area contributed by atoms with Gasteiger partial charge in [0.1, 0.15) is 5.52 Å².